The third-order valence-corrected chi connectivity index (χ3v) is 2.29. The van der Waals surface area contributed by atoms with Crippen molar-refractivity contribution in [2.75, 3.05) is 6.61 Å². The molecule has 0 fully saturated rings. The highest BCUT2D eigenvalue weighted by atomic mass is 16.6. The molecule has 0 radical (unpaired) electrons. The van der Waals surface area contributed by atoms with E-state index in [0.717, 1.165) is 5.56 Å². The van der Waals surface area contributed by atoms with Gasteiger partial charge in [-0.3, -0.25) is 10.1 Å². The first-order valence-corrected chi connectivity index (χ1v) is 4.35. The topological polar surface area (TPSA) is 78.4 Å². The van der Waals surface area contributed by atoms with Crippen LogP contribution < -0.4 is 10.5 Å². The summed E-state index contributed by atoms with van der Waals surface area (Å²) in [4.78, 5) is 10.1. The van der Waals surface area contributed by atoms with E-state index in [1.165, 1.54) is 12.1 Å². The van der Waals surface area contributed by atoms with Gasteiger partial charge in [0.25, 0.3) is 5.69 Å². The molecule has 1 heterocycles. The SMILES string of the molecule is N[C@@H]1CCOc2ccc([N+](=O)[O-])cc21. The highest BCUT2D eigenvalue weighted by molar-refractivity contribution is 5.46. The van der Waals surface area contributed by atoms with Crippen molar-refractivity contribution in [3.63, 3.8) is 0 Å². The Hall–Kier alpha value is -1.62. The zero-order chi connectivity index (χ0) is 10.1. The minimum absolute atomic E-state index is 0.0599. The lowest BCUT2D eigenvalue weighted by Gasteiger charge is -2.22. The first kappa shape index (κ1) is 8.96. The Balaban J connectivity index is 2.45. The van der Waals surface area contributed by atoms with Crippen LogP contribution in [0.2, 0.25) is 0 Å². The lowest BCUT2D eigenvalue weighted by molar-refractivity contribution is -0.385. The molecule has 0 saturated carbocycles. The average Bonchev–Trinajstić information content (AvgIpc) is 2.18. The van der Waals surface area contributed by atoms with Crippen molar-refractivity contribution in [2.45, 2.75) is 12.5 Å². The van der Waals surface area contributed by atoms with Crippen molar-refractivity contribution in [1.29, 1.82) is 0 Å². The summed E-state index contributed by atoms with van der Waals surface area (Å²) in [6.45, 7) is 0.575. The first-order valence-electron chi connectivity index (χ1n) is 4.35. The quantitative estimate of drug-likeness (QED) is 0.541. The van der Waals surface area contributed by atoms with Crippen LogP contribution >= 0.6 is 0 Å². The number of hydrogen-bond acceptors (Lipinski definition) is 4. The van der Waals surface area contributed by atoms with E-state index in [4.69, 9.17) is 10.5 Å². The molecule has 1 aromatic carbocycles. The van der Waals surface area contributed by atoms with Crippen LogP contribution in [0.1, 0.15) is 18.0 Å². The second kappa shape index (κ2) is 3.26. The Morgan fingerprint density at radius 2 is 2.36 bits per heavy atom. The van der Waals surface area contributed by atoms with E-state index >= 15 is 0 Å². The number of rotatable bonds is 1. The molecule has 0 aromatic heterocycles. The van der Waals surface area contributed by atoms with E-state index in [9.17, 15) is 10.1 Å². The number of nitro groups is 1. The lowest BCUT2D eigenvalue weighted by Crippen LogP contribution is -2.20. The Labute approximate surface area is 80.6 Å². The smallest absolute Gasteiger partial charge is 0.270 e. The Kier molecular flexibility index (Phi) is 2.09. The van der Waals surface area contributed by atoms with Crippen LogP contribution in [0.15, 0.2) is 18.2 Å². The van der Waals surface area contributed by atoms with Gasteiger partial charge >= 0.3 is 0 Å². The first-order chi connectivity index (χ1) is 6.68. The molecule has 5 nitrogen and oxygen atoms in total. The zero-order valence-electron chi connectivity index (χ0n) is 7.47. The molecule has 0 amide bonds. The number of nitrogens with two attached hydrogens (primary N) is 1. The molecule has 2 rings (SSSR count). The molecule has 0 saturated heterocycles. The largest absolute Gasteiger partial charge is 0.493 e. The van der Waals surface area contributed by atoms with Gasteiger partial charge < -0.3 is 10.5 Å². The van der Waals surface area contributed by atoms with Gasteiger partial charge in [0, 0.05) is 30.2 Å². The second-order valence-electron chi connectivity index (χ2n) is 3.22. The normalized spacial score (nSPS) is 19.6. The Morgan fingerprint density at radius 1 is 1.57 bits per heavy atom. The molecule has 0 unspecified atom stereocenters. The van der Waals surface area contributed by atoms with Crippen molar-refractivity contribution < 1.29 is 9.66 Å². The number of nitrogens with zero attached hydrogens (tertiary/aromatic N) is 1. The van der Waals surface area contributed by atoms with Crippen molar-refractivity contribution in [3.05, 3.63) is 33.9 Å². The van der Waals surface area contributed by atoms with Crippen molar-refractivity contribution in [1.82, 2.24) is 0 Å². The fourth-order valence-electron chi connectivity index (χ4n) is 1.52. The van der Waals surface area contributed by atoms with Crippen LogP contribution in [0.3, 0.4) is 0 Å². The maximum atomic E-state index is 10.5. The van der Waals surface area contributed by atoms with Crippen molar-refractivity contribution in [3.8, 4) is 5.75 Å². The van der Waals surface area contributed by atoms with Crippen LogP contribution in [0, 0.1) is 10.1 Å². The number of benzene rings is 1. The van der Waals surface area contributed by atoms with Crippen molar-refractivity contribution >= 4 is 5.69 Å². The molecule has 0 bridgehead atoms. The predicted octanol–water partition coefficient (Wildman–Crippen LogP) is 1.38. The number of nitro benzene ring substituents is 1. The van der Waals surface area contributed by atoms with Gasteiger partial charge in [0.2, 0.25) is 0 Å². The van der Waals surface area contributed by atoms with E-state index in [1.807, 2.05) is 0 Å². The minimum atomic E-state index is -0.429. The predicted molar refractivity (Wildman–Crippen MR) is 50.1 cm³/mol. The van der Waals surface area contributed by atoms with E-state index in [1.54, 1.807) is 6.07 Å². The summed E-state index contributed by atoms with van der Waals surface area (Å²) in [6.07, 6.45) is 0.703. The summed E-state index contributed by atoms with van der Waals surface area (Å²) in [7, 11) is 0. The third-order valence-electron chi connectivity index (χ3n) is 2.29. The maximum absolute atomic E-state index is 10.5. The molecule has 2 N–H and O–H groups in total. The fourth-order valence-corrected chi connectivity index (χ4v) is 1.52. The molecular weight excluding hydrogens is 184 g/mol. The van der Waals surface area contributed by atoms with Gasteiger partial charge in [0.15, 0.2) is 0 Å². The molecular formula is C9H10N2O3. The van der Waals surface area contributed by atoms with Crippen molar-refractivity contribution in [2.24, 2.45) is 5.73 Å². The molecule has 1 aromatic rings. The fraction of sp³-hybridized carbons (Fsp3) is 0.333. The molecule has 0 aliphatic carbocycles. The van der Waals surface area contributed by atoms with Gasteiger partial charge in [-0.1, -0.05) is 0 Å². The Morgan fingerprint density at radius 3 is 3.07 bits per heavy atom. The van der Waals surface area contributed by atoms with E-state index in [2.05, 4.69) is 0 Å². The summed E-state index contributed by atoms with van der Waals surface area (Å²) in [5, 5.41) is 10.5. The summed E-state index contributed by atoms with van der Waals surface area (Å²) in [6, 6.07) is 4.36. The molecule has 1 aliphatic heterocycles. The summed E-state index contributed by atoms with van der Waals surface area (Å²) in [5.41, 5.74) is 6.60. The van der Waals surface area contributed by atoms with E-state index in [0.29, 0.717) is 18.8 Å². The Bertz CT molecular complexity index is 378. The number of fused-ring (bicyclic) bond motifs is 1. The standard InChI is InChI=1S/C9H10N2O3/c10-8-3-4-14-9-2-1-6(11(12)13)5-7(8)9/h1-2,5,8H,3-4,10H2/t8-/m1/s1. The molecule has 5 heteroatoms. The summed E-state index contributed by atoms with van der Waals surface area (Å²) >= 11 is 0. The van der Waals surface area contributed by atoms with Gasteiger partial charge in [-0.05, 0) is 6.07 Å². The zero-order valence-corrected chi connectivity index (χ0v) is 7.47. The van der Waals surface area contributed by atoms with Gasteiger partial charge in [0.05, 0.1) is 11.5 Å². The second-order valence-corrected chi connectivity index (χ2v) is 3.22. The number of hydrogen-bond donors (Lipinski definition) is 1. The van der Waals surface area contributed by atoms with Crippen LogP contribution in [-0.4, -0.2) is 11.5 Å². The monoisotopic (exact) mass is 194 g/mol. The average molecular weight is 194 g/mol. The molecule has 1 aliphatic rings. The minimum Gasteiger partial charge on any atom is -0.493 e. The van der Waals surface area contributed by atoms with Gasteiger partial charge in [-0.15, -0.1) is 0 Å². The third kappa shape index (κ3) is 1.42. The summed E-state index contributed by atoms with van der Waals surface area (Å²) in [5.74, 6) is 0.661. The molecule has 74 valence electrons. The van der Waals surface area contributed by atoms with Crippen LogP contribution in [0.4, 0.5) is 5.69 Å². The molecule has 0 spiro atoms. The van der Waals surface area contributed by atoms with Crippen LogP contribution in [0.5, 0.6) is 5.75 Å². The highest BCUT2D eigenvalue weighted by Gasteiger charge is 2.20. The van der Waals surface area contributed by atoms with E-state index < -0.39 is 4.92 Å². The van der Waals surface area contributed by atoms with Gasteiger partial charge in [-0.2, -0.15) is 0 Å². The number of ether oxygens (including phenoxy) is 1. The van der Waals surface area contributed by atoms with Crippen LogP contribution in [0.25, 0.3) is 0 Å². The van der Waals surface area contributed by atoms with Gasteiger partial charge in [0.1, 0.15) is 5.75 Å². The molecule has 14 heavy (non-hydrogen) atoms. The maximum Gasteiger partial charge on any atom is 0.270 e. The number of non-ortho nitro benzene ring substituents is 1. The molecule has 1 atom stereocenters. The van der Waals surface area contributed by atoms with Gasteiger partial charge in [-0.25, -0.2) is 0 Å². The summed E-state index contributed by atoms with van der Waals surface area (Å²) < 4.78 is 5.33. The highest BCUT2D eigenvalue weighted by Crippen LogP contribution is 2.33. The lowest BCUT2D eigenvalue weighted by atomic mass is 10.0. The van der Waals surface area contributed by atoms with E-state index in [-0.39, 0.29) is 11.7 Å². The van der Waals surface area contributed by atoms with Crippen LogP contribution in [-0.2, 0) is 0 Å².